The summed E-state index contributed by atoms with van der Waals surface area (Å²) >= 11 is 0. The van der Waals surface area contributed by atoms with Gasteiger partial charge in [-0.3, -0.25) is 14.9 Å². The molecule has 0 aliphatic heterocycles. The van der Waals surface area contributed by atoms with E-state index in [4.69, 9.17) is 4.42 Å². The van der Waals surface area contributed by atoms with Crippen molar-refractivity contribution in [1.29, 1.82) is 0 Å². The number of Topliss-reactive ketones (excluding diaryl/α,β-unsaturated/α-hetero) is 1. The molecule has 0 fully saturated rings. The van der Waals surface area contributed by atoms with Crippen molar-refractivity contribution in [2.75, 3.05) is 0 Å². The molecule has 30 heavy (non-hydrogen) atoms. The molecule has 1 N–H and O–H groups in total. The van der Waals surface area contributed by atoms with Gasteiger partial charge in [0.25, 0.3) is 0 Å². The number of rotatable bonds is 7. The summed E-state index contributed by atoms with van der Waals surface area (Å²) in [6.45, 7) is 3.55. The molecule has 4 nitrogen and oxygen atoms in total. The molecule has 1 aromatic heterocycles. The quantitative estimate of drug-likeness (QED) is 0.392. The first-order valence-corrected chi connectivity index (χ1v) is 9.32. The molecule has 3 aromatic rings. The van der Waals surface area contributed by atoms with Crippen LogP contribution in [0.5, 0.6) is 0 Å². The lowest BCUT2D eigenvalue weighted by Crippen LogP contribution is -2.46. The Morgan fingerprint density at radius 2 is 1.77 bits per heavy atom. The van der Waals surface area contributed by atoms with Crippen molar-refractivity contribution in [3.63, 3.8) is 0 Å². The van der Waals surface area contributed by atoms with Crippen molar-refractivity contribution in [3.05, 3.63) is 47.5 Å². The number of carbonyl (C=O) groups excluding carboxylic acids is 2. The molecule has 2 aromatic carbocycles. The molecule has 8 heteroatoms. The predicted octanol–water partition coefficient (Wildman–Crippen LogP) is 5.69. The van der Waals surface area contributed by atoms with E-state index in [9.17, 15) is 27.2 Å². The zero-order chi connectivity index (χ0) is 22.3. The fraction of sp³-hybridized carbons (Fsp3) is 0.364. The van der Waals surface area contributed by atoms with Crippen LogP contribution in [-0.2, 0) is 4.79 Å². The van der Waals surface area contributed by atoms with Crippen molar-refractivity contribution in [2.24, 2.45) is 0 Å². The molecule has 0 aliphatic carbocycles. The fourth-order valence-corrected chi connectivity index (χ4v) is 3.45. The van der Waals surface area contributed by atoms with E-state index in [1.807, 2.05) is 0 Å². The predicted molar refractivity (Wildman–Crippen MR) is 105 cm³/mol. The van der Waals surface area contributed by atoms with Gasteiger partial charge in [-0.25, -0.2) is 4.39 Å². The third-order valence-electron chi connectivity index (χ3n) is 4.86. The van der Waals surface area contributed by atoms with Gasteiger partial charge < -0.3 is 4.42 Å². The molecule has 1 heterocycles. The number of hydrogen-bond donors (Lipinski definition) is 1. The fourth-order valence-electron chi connectivity index (χ4n) is 3.45. The summed E-state index contributed by atoms with van der Waals surface area (Å²) in [6.07, 6.45) is -4.45. The maximum Gasteiger partial charge on any atom is 0.407 e. The van der Waals surface area contributed by atoms with Gasteiger partial charge in [-0.2, -0.15) is 13.2 Å². The molecule has 0 bridgehead atoms. The number of aldehydes is 1. The number of nitrogens with one attached hydrogen (secondary N) is 1. The Labute approximate surface area is 170 Å². The lowest BCUT2D eigenvalue weighted by Gasteiger charge is -2.29. The third kappa shape index (κ3) is 4.70. The minimum absolute atomic E-state index is 0.160. The summed E-state index contributed by atoms with van der Waals surface area (Å²) in [4.78, 5) is 22.9. The maximum absolute atomic E-state index is 14.0. The van der Waals surface area contributed by atoms with Gasteiger partial charge in [0.2, 0.25) is 0 Å². The van der Waals surface area contributed by atoms with Crippen LogP contribution in [0.3, 0.4) is 0 Å². The van der Waals surface area contributed by atoms with E-state index < -0.39 is 36.1 Å². The molecule has 0 saturated carbocycles. The van der Waals surface area contributed by atoms with Crippen LogP contribution in [0.15, 0.2) is 40.8 Å². The number of furan rings is 1. The minimum atomic E-state index is -4.72. The van der Waals surface area contributed by atoms with Gasteiger partial charge in [0.05, 0.1) is 6.04 Å². The van der Waals surface area contributed by atoms with E-state index in [0.29, 0.717) is 28.2 Å². The number of benzene rings is 2. The SMILES string of the molecule is CC(=O)C(CC(C)(C)F)NC(c1ccc2c(c1)oc1ccc(C=O)cc12)C(F)(F)F. The lowest BCUT2D eigenvalue weighted by molar-refractivity contribution is -0.161. The Balaban J connectivity index is 2.04. The number of alkyl halides is 4. The van der Waals surface area contributed by atoms with Crippen molar-refractivity contribution < 1.29 is 31.6 Å². The highest BCUT2D eigenvalue weighted by molar-refractivity contribution is 6.06. The van der Waals surface area contributed by atoms with Crippen molar-refractivity contribution in [2.45, 2.75) is 51.1 Å². The topological polar surface area (TPSA) is 59.3 Å². The molecule has 0 spiro atoms. The van der Waals surface area contributed by atoms with E-state index in [1.54, 1.807) is 18.2 Å². The zero-order valence-electron chi connectivity index (χ0n) is 16.6. The Bertz CT molecular complexity index is 1100. The molecule has 0 radical (unpaired) electrons. The standard InChI is InChI=1S/C22H21F4NO3/c1-12(29)17(10-21(2,3)23)27-20(22(24,25)26)14-5-6-15-16-8-13(11-28)4-7-18(16)30-19(15)9-14/h4-9,11,17,20,27H,10H2,1-3H3. The molecular formula is C22H21F4NO3. The van der Waals surface area contributed by atoms with Gasteiger partial charge in [0, 0.05) is 22.8 Å². The van der Waals surface area contributed by atoms with E-state index in [-0.39, 0.29) is 11.1 Å². The smallest absolute Gasteiger partial charge is 0.407 e. The monoisotopic (exact) mass is 423 g/mol. The summed E-state index contributed by atoms with van der Waals surface area (Å²) in [5.41, 5.74) is -0.912. The first kappa shape index (κ1) is 22.0. The van der Waals surface area contributed by atoms with Gasteiger partial charge in [-0.05, 0) is 50.6 Å². The summed E-state index contributed by atoms with van der Waals surface area (Å²) in [7, 11) is 0. The number of hydrogen-bond acceptors (Lipinski definition) is 4. The number of fused-ring (bicyclic) bond motifs is 3. The van der Waals surface area contributed by atoms with Crippen LogP contribution in [0.4, 0.5) is 17.6 Å². The Morgan fingerprint density at radius 1 is 1.07 bits per heavy atom. The number of ketones is 1. The second-order valence-corrected chi connectivity index (χ2v) is 7.96. The van der Waals surface area contributed by atoms with Crippen LogP contribution >= 0.6 is 0 Å². The van der Waals surface area contributed by atoms with Crippen LogP contribution < -0.4 is 5.32 Å². The highest BCUT2D eigenvalue weighted by atomic mass is 19.4. The van der Waals surface area contributed by atoms with E-state index >= 15 is 0 Å². The molecular weight excluding hydrogens is 402 g/mol. The van der Waals surface area contributed by atoms with Gasteiger partial charge in [-0.1, -0.05) is 12.1 Å². The summed E-state index contributed by atoms with van der Waals surface area (Å²) < 4.78 is 61.2. The average Bonchev–Trinajstić information content (AvgIpc) is 2.99. The molecule has 0 saturated heterocycles. The van der Waals surface area contributed by atoms with E-state index in [0.717, 1.165) is 6.92 Å². The van der Waals surface area contributed by atoms with Crippen LogP contribution in [0.25, 0.3) is 21.9 Å². The molecule has 0 aliphatic rings. The summed E-state index contributed by atoms with van der Waals surface area (Å²) in [5, 5.41) is 3.45. The van der Waals surface area contributed by atoms with E-state index in [1.165, 1.54) is 32.0 Å². The lowest BCUT2D eigenvalue weighted by atomic mass is 9.96. The largest absolute Gasteiger partial charge is 0.456 e. The van der Waals surface area contributed by atoms with Crippen LogP contribution in [0.1, 0.15) is 49.2 Å². The van der Waals surface area contributed by atoms with Crippen LogP contribution in [0, 0.1) is 0 Å². The highest BCUT2D eigenvalue weighted by Gasteiger charge is 2.43. The second kappa shape index (κ2) is 7.83. The molecule has 2 atom stereocenters. The summed E-state index contributed by atoms with van der Waals surface area (Å²) in [5.74, 6) is -0.582. The maximum atomic E-state index is 14.0. The van der Waals surface area contributed by atoms with E-state index in [2.05, 4.69) is 5.32 Å². The number of halogens is 4. The second-order valence-electron chi connectivity index (χ2n) is 7.96. The van der Waals surface area contributed by atoms with Crippen molar-refractivity contribution in [1.82, 2.24) is 5.32 Å². The normalized spacial score (nSPS) is 14.8. The van der Waals surface area contributed by atoms with Crippen molar-refractivity contribution >= 4 is 34.0 Å². The summed E-state index contributed by atoms with van der Waals surface area (Å²) in [6, 6.07) is 5.25. The minimum Gasteiger partial charge on any atom is -0.456 e. The molecule has 0 amide bonds. The number of carbonyl (C=O) groups is 2. The van der Waals surface area contributed by atoms with Gasteiger partial charge in [0.15, 0.2) is 0 Å². The van der Waals surface area contributed by atoms with Gasteiger partial charge in [0.1, 0.15) is 34.9 Å². The zero-order valence-corrected chi connectivity index (χ0v) is 16.6. The van der Waals surface area contributed by atoms with Crippen LogP contribution in [-0.4, -0.2) is 30.0 Å². The first-order chi connectivity index (χ1) is 13.9. The van der Waals surface area contributed by atoms with Crippen molar-refractivity contribution in [3.8, 4) is 0 Å². The first-order valence-electron chi connectivity index (χ1n) is 9.32. The Hall–Kier alpha value is -2.74. The average molecular weight is 423 g/mol. The Morgan fingerprint density at radius 3 is 2.33 bits per heavy atom. The Kier molecular flexibility index (Phi) is 5.73. The highest BCUT2D eigenvalue weighted by Crippen LogP contribution is 2.37. The third-order valence-corrected chi connectivity index (χ3v) is 4.86. The molecule has 160 valence electrons. The molecule has 3 rings (SSSR count). The van der Waals surface area contributed by atoms with Gasteiger partial charge in [-0.15, -0.1) is 0 Å². The molecule has 2 unspecified atom stereocenters. The van der Waals surface area contributed by atoms with Crippen LogP contribution in [0.2, 0.25) is 0 Å². The van der Waals surface area contributed by atoms with Gasteiger partial charge >= 0.3 is 6.18 Å².